The van der Waals surface area contributed by atoms with Crippen molar-refractivity contribution in [2.45, 2.75) is 32.7 Å². The summed E-state index contributed by atoms with van der Waals surface area (Å²) in [6.45, 7) is 6.13. The molecule has 0 bridgehead atoms. The Morgan fingerprint density at radius 2 is 2.10 bits per heavy atom. The van der Waals surface area contributed by atoms with Gasteiger partial charge in [0.2, 0.25) is 0 Å². The number of hydrogen-bond acceptors (Lipinski definition) is 2. The average Bonchev–Trinajstić information content (AvgIpc) is 2.40. The quantitative estimate of drug-likeness (QED) is 0.550. The third-order valence-corrected chi connectivity index (χ3v) is 4.86. The molecule has 0 aliphatic carbocycles. The number of halogens is 2. The number of rotatable bonds is 7. The van der Waals surface area contributed by atoms with E-state index in [4.69, 9.17) is 11.6 Å². The predicted molar refractivity (Wildman–Crippen MR) is 93.5 cm³/mol. The minimum Gasteiger partial charge on any atom is -0.352 e. The maximum atomic E-state index is 11.9. The summed E-state index contributed by atoms with van der Waals surface area (Å²) in [7, 11) is 2.12. The molecule has 3 nitrogen and oxygen atoms in total. The fourth-order valence-electron chi connectivity index (χ4n) is 1.69. The molecule has 1 aromatic rings. The molecule has 0 heterocycles. The lowest BCUT2D eigenvalue weighted by Crippen LogP contribution is -2.29. The first kappa shape index (κ1) is 17.7. The summed E-state index contributed by atoms with van der Waals surface area (Å²) in [5.41, 5.74) is 0.620. The van der Waals surface area contributed by atoms with Gasteiger partial charge in [0.25, 0.3) is 5.91 Å². The number of hydrogen-bond donors (Lipinski definition) is 1. The number of benzene rings is 1. The van der Waals surface area contributed by atoms with E-state index in [9.17, 15) is 4.79 Å². The van der Waals surface area contributed by atoms with E-state index in [0.29, 0.717) is 23.2 Å². The minimum absolute atomic E-state index is 0.0551. The summed E-state index contributed by atoms with van der Waals surface area (Å²) in [4.78, 5) is 14.2. The Kier molecular flexibility index (Phi) is 7.84. The second-order valence-electron chi connectivity index (χ2n) is 5.17. The topological polar surface area (TPSA) is 32.3 Å². The monoisotopic (exact) mass is 408 g/mol. The van der Waals surface area contributed by atoms with Crippen molar-refractivity contribution in [2.75, 3.05) is 20.1 Å². The molecule has 5 heteroatoms. The molecule has 0 aromatic heterocycles. The number of carbonyl (C=O) groups is 1. The fourth-order valence-corrected chi connectivity index (χ4v) is 2.20. The molecule has 1 rings (SSSR count). The van der Waals surface area contributed by atoms with Crippen LogP contribution in [-0.4, -0.2) is 37.0 Å². The van der Waals surface area contributed by atoms with Crippen LogP contribution in [0.5, 0.6) is 0 Å². The average molecular weight is 409 g/mol. The van der Waals surface area contributed by atoms with Crippen LogP contribution in [0.3, 0.4) is 0 Å². The van der Waals surface area contributed by atoms with Gasteiger partial charge in [-0.25, -0.2) is 0 Å². The van der Waals surface area contributed by atoms with Crippen molar-refractivity contribution in [3.63, 3.8) is 0 Å². The Hall–Kier alpha value is -0.330. The van der Waals surface area contributed by atoms with Crippen molar-refractivity contribution < 1.29 is 4.79 Å². The van der Waals surface area contributed by atoms with Gasteiger partial charge in [-0.2, -0.15) is 0 Å². The lowest BCUT2D eigenvalue weighted by atomic mass is 10.2. The molecule has 0 spiro atoms. The van der Waals surface area contributed by atoms with Crippen LogP contribution in [-0.2, 0) is 0 Å². The van der Waals surface area contributed by atoms with Gasteiger partial charge in [0.05, 0.1) is 5.02 Å². The van der Waals surface area contributed by atoms with E-state index in [1.165, 1.54) is 0 Å². The number of carbonyl (C=O) groups excluding carboxylic acids is 1. The number of unbranched alkanes of at least 4 members (excludes halogenated alkanes) is 1. The van der Waals surface area contributed by atoms with Crippen molar-refractivity contribution >= 4 is 40.1 Å². The lowest BCUT2D eigenvalue weighted by Gasteiger charge is -2.20. The highest BCUT2D eigenvalue weighted by molar-refractivity contribution is 14.1. The molecular formula is C15H22ClIN2O. The predicted octanol–water partition coefficient (Wildman–Crippen LogP) is 3.79. The summed E-state index contributed by atoms with van der Waals surface area (Å²) >= 11 is 8.16. The van der Waals surface area contributed by atoms with Crippen molar-refractivity contribution in [3.8, 4) is 0 Å². The third kappa shape index (κ3) is 5.97. The van der Waals surface area contributed by atoms with E-state index < -0.39 is 0 Å². The highest BCUT2D eigenvalue weighted by atomic mass is 127. The second kappa shape index (κ2) is 8.85. The highest BCUT2D eigenvalue weighted by Gasteiger charge is 2.07. The van der Waals surface area contributed by atoms with Gasteiger partial charge in [0.15, 0.2) is 0 Å². The van der Waals surface area contributed by atoms with Gasteiger partial charge in [-0.1, -0.05) is 11.6 Å². The number of amides is 1. The van der Waals surface area contributed by atoms with Crippen molar-refractivity contribution in [1.82, 2.24) is 10.2 Å². The van der Waals surface area contributed by atoms with Crippen LogP contribution >= 0.6 is 34.2 Å². The smallest absolute Gasteiger partial charge is 0.251 e. The van der Waals surface area contributed by atoms with E-state index in [1.54, 1.807) is 12.1 Å². The molecule has 0 saturated heterocycles. The Morgan fingerprint density at radius 3 is 2.70 bits per heavy atom. The molecule has 1 aromatic carbocycles. The maximum Gasteiger partial charge on any atom is 0.251 e. The Labute approximate surface area is 140 Å². The molecule has 0 unspecified atom stereocenters. The Bertz CT molecular complexity index is 451. The lowest BCUT2D eigenvalue weighted by molar-refractivity contribution is 0.0952. The molecule has 0 aliphatic rings. The summed E-state index contributed by atoms with van der Waals surface area (Å²) in [6, 6.07) is 5.94. The fraction of sp³-hybridized carbons (Fsp3) is 0.533. The van der Waals surface area contributed by atoms with E-state index in [0.717, 1.165) is 23.0 Å². The van der Waals surface area contributed by atoms with Gasteiger partial charge in [-0.05, 0) is 81.1 Å². The maximum absolute atomic E-state index is 11.9. The molecule has 1 amide bonds. The van der Waals surface area contributed by atoms with Crippen LogP contribution in [0.25, 0.3) is 0 Å². The molecule has 112 valence electrons. The molecule has 0 fully saturated rings. The Balaban J connectivity index is 2.28. The zero-order valence-corrected chi connectivity index (χ0v) is 15.2. The van der Waals surface area contributed by atoms with E-state index >= 15 is 0 Å². The molecule has 1 N–H and O–H groups in total. The zero-order chi connectivity index (χ0) is 15.1. The first-order valence-corrected chi connectivity index (χ1v) is 8.31. The van der Waals surface area contributed by atoms with Gasteiger partial charge >= 0.3 is 0 Å². The van der Waals surface area contributed by atoms with Gasteiger partial charge in [0.1, 0.15) is 0 Å². The minimum atomic E-state index is -0.0551. The van der Waals surface area contributed by atoms with Crippen molar-refractivity contribution in [3.05, 3.63) is 32.4 Å². The van der Waals surface area contributed by atoms with Crippen molar-refractivity contribution in [2.24, 2.45) is 0 Å². The molecular weight excluding hydrogens is 387 g/mol. The van der Waals surface area contributed by atoms with Gasteiger partial charge in [-0.3, -0.25) is 4.79 Å². The summed E-state index contributed by atoms with van der Waals surface area (Å²) in [5.74, 6) is -0.0551. The summed E-state index contributed by atoms with van der Waals surface area (Å²) in [6.07, 6.45) is 2.07. The molecule has 0 aliphatic heterocycles. The van der Waals surface area contributed by atoms with E-state index in [1.807, 2.05) is 6.07 Å². The second-order valence-corrected chi connectivity index (χ2v) is 6.74. The van der Waals surface area contributed by atoms with Crippen LogP contribution in [0.1, 0.15) is 37.0 Å². The van der Waals surface area contributed by atoms with E-state index in [2.05, 4.69) is 53.7 Å². The summed E-state index contributed by atoms with van der Waals surface area (Å²) < 4.78 is 0.956. The summed E-state index contributed by atoms with van der Waals surface area (Å²) in [5, 5.41) is 3.55. The first-order valence-electron chi connectivity index (χ1n) is 6.85. The van der Waals surface area contributed by atoms with Crippen LogP contribution in [0, 0.1) is 3.57 Å². The van der Waals surface area contributed by atoms with Crippen LogP contribution in [0.2, 0.25) is 5.02 Å². The normalized spacial score (nSPS) is 11.2. The number of nitrogens with zero attached hydrogens (tertiary/aromatic N) is 1. The highest BCUT2D eigenvalue weighted by Crippen LogP contribution is 2.19. The zero-order valence-electron chi connectivity index (χ0n) is 12.2. The Morgan fingerprint density at radius 1 is 1.40 bits per heavy atom. The molecule has 0 saturated carbocycles. The third-order valence-electron chi connectivity index (χ3n) is 3.29. The van der Waals surface area contributed by atoms with E-state index in [-0.39, 0.29) is 5.91 Å². The van der Waals surface area contributed by atoms with Crippen LogP contribution in [0.15, 0.2) is 18.2 Å². The molecule has 0 atom stereocenters. The largest absolute Gasteiger partial charge is 0.352 e. The van der Waals surface area contributed by atoms with Gasteiger partial charge in [0, 0.05) is 21.7 Å². The van der Waals surface area contributed by atoms with Gasteiger partial charge in [-0.15, -0.1) is 0 Å². The molecule has 0 radical (unpaired) electrons. The standard InChI is InChI=1S/C15H22ClIN2O/c1-11(2)19(3)9-5-4-8-18-15(20)12-6-7-14(17)13(16)10-12/h6-7,10-11H,4-5,8-9H2,1-3H3,(H,18,20). The van der Waals surface area contributed by atoms with Crippen LogP contribution in [0.4, 0.5) is 0 Å². The molecule has 20 heavy (non-hydrogen) atoms. The van der Waals surface area contributed by atoms with Gasteiger partial charge < -0.3 is 10.2 Å². The van der Waals surface area contributed by atoms with Crippen LogP contribution < -0.4 is 5.32 Å². The number of nitrogens with one attached hydrogen (secondary N) is 1. The SMILES string of the molecule is CC(C)N(C)CCCCNC(=O)c1ccc(I)c(Cl)c1. The van der Waals surface area contributed by atoms with Crippen molar-refractivity contribution in [1.29, 1.82) is 0 Å². The first-order chi connectivity index (χ1) is 9.41.